The summed E-state index contributed by atoms with van der Waals surface area (Å²) in [6.45, 7) is 1.64. The standard InChI is InChI=1S/C10H12N2O2/c1-14-9-5-7(4-8(13)6-9)10-11-2-3-12-10/h4-6,13H,2-3H2,1H3,(H,11,12). The molecule has 0 atom stereocenters. The van der Waals surface area contributed by atoms with Crippen LogP contribution in [0, 0.1) is 0 Å². The molecule has 1 aliphatic heterocycles. The normalized spacial score (nSPS) is 14.8. The van der Waals surface area contributed by atoms with Gasteiger partial charge in [0.1, 0.15) is 17.3 Å². The van der Waals surface area contributed by atoms with Crippen molar-refractivity contribution < 1.29 is 9.84 Å². The molecule has 0 radical (unpaired) electrons. The molecule has 1 heterocycles. The van der Waals surface area contributed by atoms with E-state index in [1.807, 2.05) is 6.07 Å². The Morgan fingerprint density at radius 2 is 2.29 bits per heavy atom. The average Bonchev–Trinajstić information content (AvgIpc) is 2.69. The quantitative estimate of drug-likeness (QED) is 0.727. The Bertz CT molecular complexity index is 374. The SMILES string of the molecule is COc1cc(O)cc(C2=NCCN2)c1. The highest BCUT2D eigenvalue weighted by Gasteiger charge is 2.10. The third-order valence-electron chi connectivity index (χ3n) is 2.07. The second-order valence-corrected chi connectivity index (χ2v) is 3.08. The Hall–Kier alpha value is -1.71. The number of aromatic hydroxyl groups is 1. The fourth-order valence-corrected chi connectivity index (χ4v) is 1.43. The number of hydrogen-bond donors (Lipinski definition) is 2. The predicted molar refractivity (Wildman–Crippen MR) is 54.1 cm³/mol. The van der Waals surface area contributed by atoms with E-state index in [0.717, 1.165) is 24.5 Å². The first-order chi connectivity index (χ1) is 6.79. The third-order valence-corrected chi connectivity index (χ3v) is 2.07. The number of nitrogens with zero attached hydrogens (tertiary/aromatic N) is 1. The first kappa shape index (κ1) is 8.87. The molecule has 14 heavy (non-hydrogen) atoms. The van der Waals surface area contributed by atoms with Crippen LogP contribution < -0.4 is 10.1 Å². The van der Waals surface area contributed by atoms with Crippen molar-refractivity contribution in [2.24, 2.45) is 4.99 Å². The Morgan fingerprint density at radius 1 is 1.43 bits per heavy atom. The van der Waals surface area contributed by atoms with Crippen LogP contribution in [0.5, 0.6) is 11.5 Å². The van der Waals surface area contributed by atoms with Gasteiger partial charge in [0.15, 0.2) is 0 Å². The molecule has 0 aliphatic carbocycles. The van der Waals surface area contributed by atoms with Crippen LogP contribution in [0.3, 0.4) is 0 Å². The van der Waals surface area contributed by atoms with E-state index in [2.05, 4.69) is 10.3 Å². The van der Waals surface area contributed by atoms with Gasteiger partial charge in [0.25, 0.3) is 0 Å². The van der Waals surface area contributed by atoms with E-state index >= 15 is 0 Å². The Morgan fingerprint density at radius 3 is 2.93 bits per heavy atom. The molecule has 0 fully saturated rings. The molecule has 1 aromatic rings. The van der Waals surface area contributed by atoms with Crippen LogP contribution in [0.25, 0.3) is 0 Å². The lowest BCUT2D eigenvalue weighted by molar-refractivity contribution is 0.407. The molecule has 4 heteroatoms. The molecule has 0 unspecified atom stereocenters. The summed E-state index contributed by atoms with van der Waals surface area (Å²) in [5.41, 5.74) is 0.861. The highest BCUT2D eigenvalue weighted by molar-refractivity contribution is 6.00. The van der Waals surface area contributed by atoms with Crippen molar-refractivity contribution >= 4 is 5.84 Å². The summed E-state index contributed by atoms with van der Waals surface area (Å²) in [5, 5.41) is 12.6. The second-order valence-electron chi connectivity index (χ2n) is 3.08. The molecule has 0 amide bonds. The molecule has 1 aromatic carbocycles. The van der Waals surface area contributed by atoms with E-state index in [9.17, 15) is 5.11 Å². The summed E-state index contributed by atoms with van der Waals surface area (Å²) in [7, 11) is 1.57. The average molecular weight is 192 g/mol. The number of ether oxygens (including phenoxy) is 1. The third kappa shape index (κ3) is 1.64. The molecule has 0 saturated carbocycles. The van der Waals surface area contributed by atoms with E-state index in [4.69, 9.17) is 4.74 Å². The topological polar surface area (TPSA) is 53.9 Å². The number of phenols is 1. The van der Waals surface area contributed by atoms with Gasteiger partial charge >= 0.3 is 0 Å². The van der Waals surface area contributed by atoms with E-state index in [1.54, 1.807) is 19.2 Å². The molecule has 1 aliphatic rings. The molecule has 0 spiro atoms. The maximum Gasteiger partial charge on any atom is 0.128 e. The summed E-state index contributed by atoms with van der Waals surface area (Å²) in [4.78, 5) is 4.26. The van der Waals surface area contributed by atoms with Gasteiger partial charge in [-0.1, -0.05) is 0 Å². The lowest BCUT2D eigenvalue weighted by Gasteiger charge is -2.06. The van der Waals surface area contributed by atoms with Crippen LogP contribution in [0.15, 0.2) is 23.2 Å². The van der Waals surface area contributed by atoms with Crippen LogP contribution >= 0.6 is 0 Å². The van der Waals surface area contributed by atoms with Crippen LogP contribution in [-0.2, 0) is 0 Å². The van der Waals surface area contributed by atoms with E-state index < -0.39 is 0 Å². The Kier molecular flexibility index (Phi) is 2.26. The van der Waals surface area contributed by atoms with Crippen molar-refractivity contribution in [2.45, 2.75) is 0 Å². The minimum Gasteiger partial charge on any atom is -0.508 e. The molecule has 2 rings (SSSR count). The minimum absolute atomic E-state index is 0.191. The number of aliphatic imine (C=N–C) groups is 1. The minimum atomic E-state index is 0.191. The van der Waals surface area contributed by atoms with Gasteiger partial charge in [-0.05, 0) is 12.1 Å². The van der Waals surface area contributed by atoms with Crippen molar-refractivity contribution in [3.05, 3.63) is 23.8 Å². The van der Waals surface area contributed by atoms with E-state index in [0.29, 0.717) is 5.75 Å². The maximum absolute atomic E-state index is 9.42. The highest BCUT2D eigenvalue weighted by Crippen LogP contribution is 2.21. The number of nitrogens with one attached hydrogen (secondary N) is 1. The zero-order valence-corrected chi connectivity index (χ0v) is 7.95. The lowest BCUT2D eigenvalue weighted by atomic mass is 10.2. The van der Waals surface area contributed by atoms with Crippen LogP contribution in [0.2, 0.25) is 0 Å². The zero-order valence-electron chi connectivity index (χ0n) is 7.95. The van der Waals surface area contributed by atoms with Crippen molar-refractivity contribution in [1.82, 2.24) is 5.32 Å². The number of amidine groups is 1. The smallest absolute Gasteiger partial charge is 0.128 e. The van der Waals surface area contributed by atoms with Crippen molar-refractivity contribution in [3.8, 4) is 11.5 Å². The fourth-order valence-electron chi connectivity index (χ4n) is 1.43. The lowest BCUT2D eigenvalue weighted by Crippen LogP contribution is -2.19. The molecular formula is C10H12N2O2. The Labute approximate surface area is 82.2 Å². The van der Waals surface area contributed by atoms with Crippen molar-refractivity contribution in [2.75, 3.05) is 20.2 Å². The van der Waals surface area contributed by atoms with Gasteiger partial charge in [-0.3, -0.25) is 4.99 Å². The number of rotatable bonds is 2. The zero-order chi connectivity index (χ0) is 9.97. The van der Waals surface area contributed by atoms with Gasteiger partial charge in [0.05, 0.1) is 13.7 Å². The number of phenolic OH excluding ortho intramolecular Hbond substituents is 1. The van der Waals surface area contributed by atoms with Crippen LogP contribution in [0.4, 0.5) is 0 Å². The maximum atomic E-state index is 9.42. The first-order valence-electron chi connectivity index (χ1n) is 4.46. The monoisotopic (exact) mass is 192 g/mol. The number of methoxy groups -OCH3 is 1. The predicted octanol–water partition coefficient (Wildman–Crippen LogP) is 0.751. The highest BCUT2D eigenvalue weighted by atomic mass is 16.5. The summed E-state index contributed by atoms with van der Waals surface area (Å²) in [6.07, 6.45) is 0. The summed E-state index contributed by atoms with van der Waals surface area (Å²) < 4.78 is 5.05. The number of benzene rings is 1. The molecule has 0 bridgehead atoms. The second kappa shape index (κ2) is 3.57. The van der Waals surface area contributed by atoms with Gasteiger partial charge < -0.3 is 15.2 Å². The largest absolute Gasteiger partial charge is 0.508 e. The van der Waals surface area contributed by atoms with Crippen LogP contribution in [0.1, 0.15) is 5.56 Å². The Balaban J connectivity index is 2.37. The number of hydrogen-bond acceptors (Lipinski definition) is 4. The first-order valence-corrected chi connectivity index (χ1v) is 4.46. The van der Waals surface area contributed by atoms with Gasteiger partial charge in [-0.15, -0.1) is 0 Å². The molecule has 2 N–H and O–H groups in total. The summed E-state index contributed by atoms with van der Waals surface area (Å²) in [6, 6.07) is 5.08. The van der Waals surface area contributed by atoms with E-state index in [-0.39, 0.29) is 5.75 Å². The fraction of sp³-hybridized carbons (Fsp3) is 0.300. The van der Waals surface area contributed by atoms with E-state index in [1.165, 1.54) is 0 Å². The van der Waals surface area contributed by atoms with Gasteiger partial charge in [0.2, 0.25) is 0 Å². The van der Waals surface area contributed by atoms with Gasteiger partial charge in [0, 0.05) is 18.2 Å². The molecular weight excluding hydrogens is 180 g/mol. The molecule has 74 valence electrons. The van der Waals surface area contributed by atoms with Gasteiger partial charge in [-0.25, -0.2) is 0 Å². The summed E-state index contributed by atoms with van der Waals surface area (Å²) >= 11 is 0. The van der Waals surface area contributed by atoms with Crippen LogP contribution in [-0.4, -0.2) is 31.1 Å². The summed E-state index contributed by atoms with van der Waals surface area (Å²) in [5.74, 6) is 1.64. The van der Waals surface area contributed by atoms with Gasteiger partial charge in [-0.2, -0.15) is 0 Å². The van der Waals surface area contributed by atoms with Crippen molar-refractivity contribution in [1.29, 1.82) is 0 Å². The molecule has 0 saturated heterocycles. The van der Waals surface area contributed by atoms with Crippen molar-refractivity contribution in [3.63, 3.8) is 0 Å². The molecule has 0 aromatic heterocycles. The molecule has 4 nitrogen and oxygen atoms in total.